The van der Waals surface area contributed by atoms with Crippen LogP contribution in [0.1, 0.15) is 32.8 Å². The minimum atomic E-state index is -0.637. The van der Waals surface area contributed by atoms with Gasteiger partial charge in [0.1, 0.15) is 5.75 Å². The van der Waals surface area contributed by atoms with Gasteiger partial charge in [-0.3, -0.25) is 4.79 Å². The molecule has 6 heteroatoms. The van der Waals surface area contributed by atoms with E-state index >= 15 is 0 Å². The molecule has 0 aromatic heterocycles. The Kier molecular flexibility index (Phi) is 7.29. The zero-order valence-corrected chi connectivity index (χ0v) is 14.1. The van der Waals surface area contributed by atoms with Gasteiger partial charge in [0.2, 0.25) is 0 Å². The Labute approximate surface area is 135 Å². The number of nitrogens with two attached hydrogens (primary N) is 1. The lowest BCUT2D eigenvalue weighted by atomic mass is 10.1. The van der Waals surface area contributed by atoms with E-state index in [1.165, 1.54) is 0 Å². The molecule has 0 fully saturated rings. The van der Waals surface area contributed by atoms with Gasteiger partial charge >= 0.3 is 0 Å². The summed E-state index contributed by atoms with van der Waals surface area (Å²) in [6.07, 6.45) is 0.803. The average Bonchev–Trinajstić information content (AvgIpc) is 2.38. The third-order valence-corrected chi connectivity index (χ3v) is 3.34. The Morgan fingerprint density at radius 1 is 1.38 bits per heavy atom. The first-order valence-corrected chi connectivity index (χ1v) is 7.78. The Morgan fingerprint density at radius 2 is 2.05 bits per heavy atom. The molecule has 2 atom stereocenters. The molecule has 1 aromatic carbocycles. The SMILES string of the molecule is CCCNC(=O)C(C)Oc1c(Cl)cc(Cl)cc1CC(C)N. The Balaban J connectivity index is 2.93. The van der Waals surface area contributed by atoms with E-state index in [0.29, 0.717) is 28.8 Å². The predicted molar refractivity (Wildman–Crippen MR) is 87.2 cm³/mol. The number of amides is 1. The minimum Gasteiger partial charge on any atom is -0.479 e. The van der Waals surface area contributed by atoms with Crippen molar-refractivity contribution in [3.8, 4) is 5.75 Å². The fourth-order valence-electron chi connectivity index (χ4n) is 1.87. The maximum atomic E-state index is 11.9. The first kappa shape index (κ1) is 18.1. The summed E-state index contributed by atoms with van der Waals surface area (Å²) < 4.78 is 5.73. The number of rotatable bonds is 7. The van der Waals surface area contributed by atoms with Gasteiger partial charge in [0.05, 0.1) is 5.02 Å². The van der Waals surface area contributed by atoms with Crippen LogP contribution in [0.2, 0.25) is 10.0 Å². The van der Waals surface area contributed by atoms with Crippen molar-refractivity contribution in [2.75, 3.05) is 6.54 Å². The van der Waals surface area contributed by atoms with Gasteiger partial charge in [-0.05, 0) is 44.4 Å². The summed E-state index contributed by atoms with van der Waals surface area (Å²) in [7, 11) is 0. The van der Waals surface area contributed by atoms with Crippen molar-refractivity contribution in [3.05, 3.63) is 27.7 Å². The number of hydrogen-bond acceptors (Lipinski definition) is 3. The number of hydrogen-bond donors (Lipinski definition) is 2. The van der Waals surface area contributed by atoms with Crippen LogP contribution in [0.25, 0.3) is 0 Å². The molecule has 3 N–H and O–H groups in total. The largest absolute Gasteiger partial charge is 0.479 e. The molecule has 1 rings (SSSR count). The Bertz CT molecular complexity index is 493. The molecule has 0 saturated carbocycles. The third-order valence-electron chi connectivity index (χ3n) is 2.84. The van der Waals surface area contributed by atoms with Gasteiger partial charge < -0.3 is 15.8 Å². The highest BCUT2D eigenvalue weighted by Crippen LogP contribution is 2.33. The summed E-state index contributed by atoms with van der Waals surface area (Å²) in [6, 6.07) is 3.30. The molecule has 0 aliphatic carbocycles. The van der Waals surface area contributed by atoms with E-state index in [-0.39, 0.29) is 11.9 Å². The van der Waals surface area contributed by atoms with Crippen LogP contribution in [0, 0.1) is 0 Å². The highest BCUT2D eigenvalue weighted by atomic mass is 35.5. The van der Waals surface area contributed by atoms with Crippen LogP contribution in [-0.4, -0.2) is 24.6 Å². The summed E-state index contributed by atoms with van der Waals surface area (Å²) in [6.45, 7) is 6.18. The van der Waals surface area contributed by atoms with Crippen molar-refractivity contribution in [2.24, 2.45) is 5.73 Å². The smallest absolute Gasteiger partial charge is 0.260 e. The van der Waals surface area contributed by atoms with Crippen LogP contribution in [0.4, 0.5) is 0 Å². The molecular formula is C15H22Cl2N2O2. The quantitative estimate of drug-likeness (QED) is 0.805. The van der Waals surface area contributed by atoms with Crippen LogP contribution >= 0.6 is 23.2 Å². The molecule has 21 heavy (non-hydrogen) atoms. The standard InChI is InChI=1S/C15H22Cl2N2O2/c1-4-5-19-15(20)10(3)21-14-11(6-9(2)18)7-12(16)8-13(14)17/h7-10H,4-6,18H2,1-3H3,(H,19,20). The highest BCUT2D eigenvalue weighted by Gasteiger charge is 2.19. The van der Waals surface area contributed by atoms with E-state index in [1.54, 1.807) is 19.1 Å². The van der Waals surface area contributed by atoms with Crippen LogP contribution < -0.4 is 15.8 Å². The lowest BCUT2D eigenvalue weighted by Gasteiger charge is -2.19. The summed E-state index contributed by atoms with van der Waals surface area (Å²) >= 11 is 12.2. The molecule has 0 radical (unpaired) electrons. The second kappa shape index (κ2) is 8.47. The van der Waals surface area contributed by atoms with Gasteiger partial charge in [-0.1, -0.05) is 30.1 Å². The second-order valence-corrected chi connectivity index (χ2v) is 5.95. The molecule has 0 aliphatic rings. The first-order chi connectivity index (χ1) is 9.85. The number of carbonyl (C=O) groups excluding carboxylic acids is 1. The van der Waals surface area contributed by atoms with Crippen LogP contribution in [0.15, 0.2) is 12.1 Å². The molecule has 1 amide bonds. The lowest BCUT2D eigenvalue weighted by molar-refractivity contribution is -0.127. The minimum absolute atomic E-state index is 0.0638. The van der Waals surface area contributed by atoms with Gasteiger partial charge in [-0.25, -0.2) is 0 Å². The molecule has 0 saturated heterocycles. The van der Waals surface area contributed by atoms with Gasteiger partial charge in [0, 0.05) is 17.6 Å². The lowest BCUT2D eigenvalue weighted by Crippen LogP contribution is -2.37. The van der Waals surface area contributed by atoms with Crippen molar-refractivity contribution < 1.29 is 9.53 Å². The number of nitrogens with one attached hydrogen (secondary N) is 1. The molecule has 4 nitrogen and oxygen atoms in total. The maximum absolute atomic E-state index is 11.9. The van der Waals surface area contributed by atoms with Crippen molar-refractivity contribution in [1.29, 1.82) is 0 Å². The third kappa shape index (κ3) is 5.73. The second-order valence-electron chi connectivity index (χ2n) is 5.11. The zero-order valence-electron chi connectivity index (χ0n) is 12.6. The first-order valence-electron chi connectivity index (χ1n) is 7.03. The number of ether oxygens (including phenoxy) is 1. The van der Waals surface area contributed by atoms with E-state index < -0.39 is 6.10 Å². The van der Waals surface area contributed by atoms with Crippen molar-refractivity contribution >= 4 is 29.1 Å². The topological polar surface area (TPSA) is 64.3 Å². The van der Waals surface area contributed by atoms with E-state index in [1.807, 2.05) is 13.8 Å². The summed E-state index contributed by atoms with van der Waals surface area (Å²) in [5.41, 5.74) is 6.63. The molecule has 0 spiro atoms. The van der Waals surface area contributed by atoms with Crippen LogP contribution in [0.3, 0.4) is 0 Å². The van der Waals surface area contributed by atoms with E-state index in [4.69, 9.17) is 33.7 Å². The van der Waals surface area contributed by atoms with E-state index in [9.17, 15) is 4.79 Å². The van der Waals surface area contributed by atoms with Gasteiger partial charge in [0.25, 0.3) is 5.91 Å². The zero-order chi connectivity index (χ0) is 16.0. The molecule has 0 heterocycles. The van der Waals surface area contributed by atoms with Gasteiger partial charge in [0.15, 0.2) is 6.10 Å². The maximum Gasteiger partial charge on any atom is 0.260 e. The van der Waals surface area contributed by atoms with Crippen molar-refractivity contribution in [2.45, 2.75) is 45.8 Å². The Morgan fingerprint density at radius 3 is 2.62 bits per heavy atom. The summed E-state index contributed by atoms with van der Waals surface area (Å²) in [4.78, 5) is 11.9. The van der Waals surface area contributed by atoms with Crippen molar-refractivity contribution in [1.82, 2.24) is 5.32 Å². The highest BCUT2D eigenvalue weighted by molar-refractivity contribution is 6.35. The summed E-state index contributed by atoms with van der Waals surface area (Å²) in [5, 5.41) is 3.69. The molecule has 118 valence electrons. The van der Waals surface area contributed by atoms with Gasteiger partial charge in [-0.2, -0.15) is 0 Å². The number of halogens is 2. The van der Waals surface area contributed by atoms with Gasteiger partial charge in [-0.15, -0.1) is 0 Å². The fraction of sp³-hybridized carbons (Fsp3) is 0.533. The fourth-order valence-corrected chi connectivity index (χ4v) is 2.45. The monoisotopic (exact) mass is 332 g/mol. The normalized spacial score (nSPS) is 13.6. The Hall–Kier alpha value is -0.970. The van der Waals surface area contributed by atoms with E-state index in [2.05, 4.69) is 5.32 Å². The molecule has 2 unspecified atom stereocenters. The van der Waals surface area contributed by atoms with Crippen LogP contribution in [0.5, 0.6) is 5.75 Å². The number of benzene rings is 1. The van der Waals surface area contributed by atoms with E-state index in [0.717, 1.165) is 12.0 Å². The van der Waals surface area contributed by atoms with Crippen LogP contribution in [-0.2, 0) is 11.2 Å². The average molecular weight is 333 g/mol. The predicted octanol–water partition coefficient (Wildman–Crippen LogP) is 3.18. The molecule has 0 bridgehead atoms. The molecule has 0 aliphatic heterocycles. The molecular weight excluding hydrogens is 311 g/mol. The molecule has 1 aromatic rings. The summed E-state index contributed by atoms with van der Waals surface area (Å²) in [5.74, 6) is 0.298. The number of carbonyl (C=O) groups is 1. The van der Waals surface area contributed by atoms with Crippen molar-refractivity contribution in [3.63, 3.8) is 0 Å².